The quantitative estimate of drug-likeness (QED) is 0.0602. The molecule has 6 rings (SSSR count). The molecule has 0 saturated carbocycles. The number of aliphatic hydroxyl groups is 18. The third-order valence-corrected chi connectivity index (χ3v) is 12.8. The first kappa shape index (κ1) is 57.2. The van der Waals surface area contributed by atoms with Gasteiger partial charge in [-0.25, -0.2) is 4.57 Å². The van der Waals surface area contributed by atoms with Crippen LogP contribution in [0.3, 0.4) is 0 Å². The summed E-state index contributed by atoms with van der Waals surface area (Å²) in [5.74, 6) is 0. The van der Waals surface area contributed by atoms with Crippen molar-refractivity contribution in [2.24, 2.45) is 0 Å². The van der Waals surface area contributed by atoms with Crippen molar-refractivity contribution in [1.82, 2.24) is 0 Å². The average molecular weight is 1040 g/mol. The molecular formula is C35H61O33P. The summed E-state index contributed by atoms with van der Waals surface area (Å²) in [6, 6.07) is 0. The van der Waals surface area contributed by atoms with Gasteiger partial charge in [-0.2, -0.15) is 0 Å². The molecule has 0 aromatic carbocycles. The van der Waals surface area contributed by atoms with E-state index in [1.165, 1.54) is 0 Å². The molecule has 34 heteroatoms. The fourth-order valence-electron chi connectivity index (χ4n) is 8.36. The lowest BCUT2D eigenvalue weighted by atomic mass is 9.95. The van der Waals surface area contributed by atoms with Gasteiger partial charge in [0.25, 0.3) is 0 Å². The highest BCUT2D eigenvalue weighted by Crippen LogP contribution is 2.39. The van der Waals surface area contributed by atoms with Gasteiger partial charge in [0.15, 0.2) is 37.7 Å². The Morgan fingerprint density at radius 1 is 0.377 bits per heavy atom. The number of phosphoric ester groups is 1. The lowest BCUT2D eigenvalue weighted by Crippen LogP contribution is -2.68. The Morgan fingerprint density at radius 3 is 1.25 bits per heavy atom. The summed E-state index contributed by atoms with van der Waals surface area (Å²) >= 11 is 0. The molecule has 0 amide bonds. The van der Waals surface area contributed by atoms with Crippen molar-refractivity contribution in [1.29, 1.82) is 0 Å². The molecule has 6 heterocycles. The number of hydrogen-bond acceptors (Lipinski definition) is 31. The molecule has 404 valence electrons. The predicted octanol–water partition coefficient (Wildman–Crippen LogP) is -13.3. The van der Waals surface area contributed by atoms with Gasteiger partial charge in [0.05, 0.1) is 39.6 Å². The molecule has 6 fully saturated rings. The Balaban J connectivity index is 1.23. The zero-order chi connectivity index (χ0) is 51.0. The molecule has 0 unspecified atom stereocenters. The molecule has 20 N–H and O–H groups in total. The van der Waals surface area contributed by atoms with Crippen molar-refractivity contribution >= 4 is 7.82 Å². The number of aliphatic hydroxyl groups excluding tert-OH is 18. The molecule has 69 heavy (non-hydrogen) atoms. The van der Waals surface area contributed by atoms with Crippen LogP contribution in [0.2, 0.25) is 0 Å². The smallest absolute Gasteiger partial charge is 0.394 e. The lowest BCUT2D eigenvalue weighted by molar-refractivity contribution is -0.400. The van der Waals surface area contributed by atoms with Crippen LogP contribution >= 0.6 is 7.82 Å². The molecule has 0 spiro atoms. The Hall–Kier alpha value is -1.05. The molecule has 6 aliphatic heterocycles. The van der Waals surface area contributed by atoms with Gasteiger partial charge >= 0.3 is 7.82 Å². The first-order valence-electron chi connectivity index (χ1n) is 21.3. The van der Waals surface area contributed by atoms with Gasteiger partial charge in [0, 0.05) is 0 Å². The molecule has 0 bridgehead atoms. The van der Waals surface area contributed by atoms with Crippen LogP contribution in [-0.2, 0) is 61.2 Å². The van der Waals surface area contributed by atoms with Crippen LogP contribution in [0, 0.1) is 0 Å². The summed E-state index contributed by atoms with van der Waals surface area (Å²) in [5, 5.41) is 191. The second-order valence-electron chi connectivity index (χ2n) is 16.9. The fourth-order valence-corrected chi connectivity index (χ4v) is 8.70. The summed E-state index contributed by atoms with van der Waals surface area (Å²) in [7, 11) is -5.31. The Morgan fingerprint density at radius 2 is 0.768 bits per heavy atom. The zero-order valence-corrected chi connectivity index (χ0v) is 36.6. The normalized spacial score (nSPS) is 51.3. The summed E-state index contributed by atoms with van der Waals surface area (Å²) < 4.78 is 76.9. The van der Waals surface area contributed by atoms with Gasteiger partial charge in [-0.15, -0.1) is 0 Å². The van der Waals surface area contributed by atoms with E-state index in [9.17, 15) is 106 Å². The van der Waals surface area contributed by atoms with Crippen LogP contribution in [0.4, 0.5) is 0 Å². The third-order valence-electron chi connectivity index (χ3n) is 12.3. The number of hydrogen-bond donors (Lipinski definition) is 20. The van der Waals surface area contributed by atoms with E-state index in [1.807, 2.05) is 0 Å². The predicted molar refractivity (Wildman–Crippen MR) is 204 cm³/mol. The van der Waals surface area contributed by atoms with Crippen LogP contribution in [-0.4, -0.2) is 319 Å². The standard InChI is InChI=1S/C35H61O33P/c36-1-8-14(42)18(46)29(68-31-21(49)13(41)7(40)5-57-31)35(62-8)67-27-16(44)10(3-38)61-33(23(27)51)65-26-15(43)9(2-37)60-32(22(26)50)66-28-17(45)12(6-58-69(54,55)56)63-34(24(28)52)64-25-11(4-39)59-30(53)20(48)19(25)47/h7-53H,1-6H2,(H2,54,55,56)/t7-,8-,9-,10-,11-,12-,13-,14+,15+,16+,17+,18+,19-,20+,21+,22-,23-,24-,25-,26+,27+,28+,29-,30+,31-,32+,33+,34+,35+/m1/s1. The minimum absolute atomic E-state index is 0.591. The number of phosphoric acid groups is 1. The Labute approximate surface area is 388 Å². The van der Waals surface area contributed by atoms with Gasteiger partial charge in [-0.1, -0.05) is 0 Å². The highest BCUT2D eigenvalue weighted by molar-refractivity contribution is 7.46. The highest BCUT2D eigenvalue weighted by Gasteiger charge is 2.58. The first-order valence-corrected chi connectivity index (χ1v) is 22.8. The van der Waals surface area contributed by atoms with E-state index in [-0.39, 0.29) is 0 Å². The zero-order valence-electron chi connectivity index (χ0n) is 35.7. The van der Waals surface area contributed by atoms with E-state index in [4.69, 9.17) is 52.1 Å². The van der Waals surface area contributed by atoms with Gasteiger partial charge in [0.1, 0.15) is 140 Å². The van der Waals surface area contributed by atoms with E-state index in [2.05, 4.69) is 4.52 Å². The maximum absolute atomic E-state index is 11.6. The molecular weight excluding hydrogens is 979 g/mol. The topological polar surface area (TPSA) is 532 Å². The maximum Gasteiger partial charge on any atom is 0.469 e. The van der Waals surface area contributed by atoms with Crippen molar-refractivity contribution in [3.05, 3.63) is 0 Å². The minimum Gasteiger partial charge on any atom is -0.394 e. The van der Waals surface area contributed by atoms with Crippen molar-refractivity contribution in [2.45, 2.75) is 178 Å². The molecule has 33 nitrogen and oxygen atoms in total. The molecule has 0 aromatic rings. The molecule has 0 radical (unpaired) electrons. The molecule has 6 saturated heterocycles. The summed E-state index contributed by atoms with van der Waals surface area (Å²) in [6.07, 6.45) is -58.3. The van der Waals surface area contributed by atoms with Crippen LogP contribution in [0.25, 0.3) is 0 Å². The molecule has 0 aromatic heterocycles. The molecule has 6 aliphatic rings. The molecule has 29 atom stereocenters. The fraction of sp³-hybridized carbons (Fsp3) is 1.00. The van der Waals surface area contributed by atoms with Gasteiger partial charge in [-0.05, 0) is 0 Å². The monoisotopic (exact) mass is 1040 g/mol. The van der Waals surface area contributed by atoms with Crippen molar-refractivity contribution in [3.63, 3.8) is 0 Å². The van der Waals surface area contributed by atoms with Crippen molar-refractivity contribution < 1.29 is 163 Å². The number of ether oxygens (including phenoxy) is 11. The van der Waals surface area contributed by atoms with Gasteiger partial charge in [0.2, 0.25) is 0 Å². The van der Waals surface area contributed by atoms with Crippen LogP contribution in [0.1, 0.15) is 0 Å². The summed E-state index contributed by atoms with van der Waals surface area (Å²) in [5.41, 5.74) is 0. The van der Waals surface area contributed by atoms with Crippen LogP contribution in [0.15, 0.2) is 0 Å². The Kier molecular flexibility index (Phi) is 20.0. The van der Waals surface area contributed by atoms with Gasteiger partial charge in [-0.3, -0.25) is 4.52 Å². The van der Waals surface area contributed by atoms with Crippen LogP contribution < -0.4 is 0 Å². The third kappa shape index (κ3) is 12.6. The largest absolute Gasteiger partial charge is 0.469 e. The Bertz CT molecular complexity index is 1640. The van der Waals surface area contributed by atoms with E-state index in [0.29, 0.717) is 0 Å². The van der Waals surface area contributed by atoms with Crippen molar-refractivity contribution in [2.75, 3.05) is 39.6 Å². The van der Waals surface area contributed by atoms with E-state index in [0.717, 1.165) is 0 Å². The van der Waals surface area contributed by atoms with Crippen LogP contribution in [0.5, 0.6) is 0 Å². The van der Waals surface area contributed by atoms with E-state index >= 15 is 0 Å². The lowest BCUT2D eigenvalue weighted by Gasteiger charge is -2.50. The second-order valence-corrected chi connectivity index (χ2v) is 18.2. The minimum atomic E-state index is -5.31. The summed E-state index contributed by atoms with van der Waals surface area (Å²) in [6.45, 7) is -5.87. The van der Waals surface area contributed by atoms with E-state index in [1.54, 1.807) is 0 Å². The second kappa shape index (κ2) is 24.1. The van der Waals surface area contributed by atoms with Gasteiger partial charge < -0.3 is 154 Å². The first-order chi connectivity index (χ1) is 32.5. The average Bonchev–Trinajstić information content (AvgIpc) is 3.31. The van der Waals surface area contributed by atoms with Crippen molar-refractivity contribution in [3.8, 4) is 0 Å². The number of rotatable bonds is 17. The SMILES string of the molecule is O=P(O)(O)OC[C@H]1O[C@@H](O[C@H]2[C@H](O)[C@H](O)[C@@H](O)O[C@@H]2CO)[C@H](O)[C@@H](O[C@@H]2O[C@H](CO)[C@H](O)[C@H](O[C@@H]3O[C@H](CO)[C@H](O)[C@H](O[C@@H]4O[C@H](CO)[C@H](O)[C@H](O)[C@H]4O[C@H]4OC[C@@H](O)[C@@H](O)[C@@H]4O)[C@H]3O)[C@H]2O)[C@H]1O. The summed E-state index contributed by atoms with van der Waals surface area (Å²) in [4.78, 5) is 18.7. The van der Waals surface area contributed by atoms with E-state index < -0.39 is 226 Å². The maximum atomic E-state index is 11.6. The highest BCUT2D eigenvalue weighted by atomic mass is 31.2. The molecule has 0 aliphatic carbocycles.